The smallest absolute Gasteiger partial charge is 0.197 e. The Hall–Kier alpha value is -2.88. The van der Waals surface area contributed by atoms with Gasteiger partial charge in [0.25, 0.3) is 0 Å². The molecule has 5 heteroatoms. The molecule has 0 spiro atoms. The number of rotatable bonds is 4. The zero-order valence-electron chi connectivity index (χ0n) is 15.5. The third-order valence-electron chi connectivity index (χ3n) is 4.70. The highest BCUT2D eigenvalue weighted by Gasteiger charge is 2.32. The van der Waals surface area contributed by atoms with Crippen molar-refractivity contribution >= 4 is 40.8 Å². The van der Waals surface area contributed by atoms with Crippen LogP contribution >= 0.6 is 23.2 Å². The number of aryl methyl sites for hydroxylation is 1. The molecule has 0 aliphatic heterocycles. The van der Waals surface area contributed by atoms with E-state index >= 15 is 0 Å². The molecule has 0 aromatic heterocycles. The van der Waals surface area contributed by atoms with Crippen LogP contribution in [0.5, 0.6) is 5.75 Å². The van der Waals surface area contributed by atoms with Gasteiger partial charge in [0.05, 0.1) is 15.6 Å². The fourth-order valence-electron chi connectivity index (χ4n) is 3.33. The van der Waals surface area contributed by atoms with E-state index in [0.717, 1.165) is 11.1 Å². The molecule has 1 aliphatic rings. The predicted molar refractivity (Wildman–Crippen MR) is 115 cm³/mol. The lowest BCUT2D eigenvalue weighted by atomic mass is 10.1. The highest BCUT2D eigenvalue weighted by atomic mass is 35.5. The Bertz CT molecular complexity index is 1120. The van der Waals surface area contributed by atoms with E-state index in [4.69, 9.17) is 27.9 Å². The molecule has 0 radical (unpaired) electrons. The topological polar surface area (TPSA) is 43.4 Å². The van der Waals surface area contributed by atoms with E-state index in [2.05, 4.69) is 0 Å². The summed E-state index contributed by atoms with van der Waals surface area (Å²) in [5.41, 5.74) is 3.64. The van der Waals surface area contributed by atoms with Crippen LogP contribution < -0.4 is 4.74 Å². The Morgan fingerprint density at radius 3 is 2.07 bits per heavy atom. The van der Waals surface area contributed by atoms with Crippen LogP contribution in [0.3, 0.4) is 0 Å². The summed E-state index contributed by atoms with van der Waals surface area (Å²) in [6, 6.07) is 18.0. The minimum atomic E-state index is -0.294. The average Bonchev–Trinajstić information content (AvgIpc) is 2.93. The van der Waals surface area contributed by atoms with Crippen LogP contribution in [0.2, 0.25) is 10.0 Å². The van der Waals surface area contributed by atoms with Gasteiger partial charge in [-0.25, -0.2) is 0 Å². The maximum absolute atomic E-state index is 12.6. The first-order valence-corrected chi connectivity index (χ1v) is 9.77. The SMILES string of the molecule is Cc1cccc(COc2c(Cl)cc(C=C3C(=O)c4ccccc4C3=O)cc2Cl)c1. The second-order valence-electron chi connectivity index (χ2n) is 6.85. The normalized spacial score (nSPS) is 12.9. The van der Waals surface area contributed by atoms with Gasteiger partial charge in [0, 0.05) is 11.1 Å². The van der Waals surface area contributed by atoms with E-state index in [1.807, 2.05) is 31.2 Å². The van der Waals surface area contributed by atoms with E-state index in [-0.39, 0.29) is 17.1 Å². The summed E-state index contributed by atoms with van der Waals surface area (Å²) in [5, 5.41) is 0.625. The molecule has 0 bridgehead atoms. The Morgan fingerprint density at radius 1 is 0.862 bits per heavy atom. The maximum atomic E-state index is 12.6. The summed E-state index contributed by atoms with van der Waals surface area (Å²) in [7, 11) is 0. The Labute approximate surface area is 178 Å². The third-order valence-corrected chi connectivity index (χ3v) is 5.26. The van der Waals surface area contributed by atoms with Gasteiger partial charge in [0.1, 0.15) is 6.61 Å². The molecule has 1 aliphatic carbocycles. The monoisotopic (exact) mass is 422 g/mol. The lowest BCUT2D eigenvalue weighted by Gasteiger charge is -2.11. The molecule has 0 saturated carbocycles. The number of carbonyl (C=O) groups excluding carboxylic acids is 2. The number of carbonyl (C=O) groups is 2. The lowest BCUT2D eigenvalue weighted by Crippen LogP contribution is -2.01. The van der Waals surface area contributed by atoms with Gasteiger partial charge in [-0.1, -0.05) is 77.3 Å². The van der Waals surface area contributed by atoms with E-state index < -0.39 is 0 Å². The third kappa shape index (κ3) is 3.84. The molecule has 144 valence electrons. The standard InChI is InChI=1S/C24H16Cl2O3/c1-14-5-4-6-15(9-14)13-29-24-20(25)11-16(12-21(24)26)10-19-22(27)17-7-2-3-8-18(17)23(19)28/h2-12H,13H2,1H3. The maximum Gasteiger partial charge on any atom is 0.197 e. The number of Topliss-reactive ketones (excluding diaryl/α,β-unsaturated/α-hetero) is 2. The molecule has 4 rings (SSSR count). The summed E-state index contributed by atoms with van der Waals surface area (Å²) >= 11 is 12.7. The zero-order chi connectivity index (χ0) is 20.5. The Morgan fingerprint density at radius 2 is 1.48 bits per heavy atom. The molecular formula is C24H16Cl2O3. The fraction of sp³-hybridized carbons (Fsp3) is 0.0833. The van der Waals surface area contributed by atoms with Crippen LogP contribution in [0.1, 0.15) is 37.4 Å². The Kier molecular flexibility index (Phi) is 5.27. The number of hydrogen-bond donors (Lipinski definition) is 0. The number of ether oxygens (including phenoxy) is 1. The zero-order valence-corrected chi connectivity index (χ0v) is 17.1. The highest BCUT2D eigenvalue weighted by Crippen LogP contribution is 2.36. The second kappa shape index (κ2) is 7.86. The molecule has 0 N–H and O–H groups in total. The van der Waals surface area contributed by atoms with Crippen molar-refractivity contribution in [2.75, 3.05) is 0 Å². The Balaban J connectivity index is 1.60. The minimum absolute atomic E-state index is 0.103. The first kappa shape index (κ1) is 19.4. The molecule has 0 fully saturated rings. The van der Waals surface area contributed by atoms with Crippen LogP contribution in [0.4, 0.5) is 0 Å². The van der Waals surface area contributed by atoms with Gasteiger partial charge in [-0.3, -0.25) is 9.59 Å². The van der Waals surface area contributed by atoms with Crippen molar-refractivity contribution in [1.29, 1.82) is 0 Å². The minimum Gasteiger partial charge on any atom is -0.486 e. The van der Waals surface area contributed by atoms with Crippen molar-refractivity contribution in [1.82, 2.24) is 0 Å². The summed E-state index contributed by atoms with van der Waals surface area (Å²) in [6.07, 6.45) is 1.52. The highest BCUT2D eigenvalue weighted by molar-refractivity contribution is 6.41. The molecule has 3 aromatic carbocycles. The predicted octanol–water partition coefficient (Wildman–Crippen LogP) is 6.34. The molecule has 0 heterocycles. The molecule has 0 amide bonds. The summed E-state index contributed by atoms with van der Waals surface area (Å²) in [5.74, 6) is -0.223. The fourth-order valence-corrected chi connectivity index (χ4v) is 3.94. The number of halogens is 2. The van der Waals surface area contributed by atoms with Crippen molar-refractivity contribution in [2.45, 2.75) is 13.5 Å². The van der Waals surface area contributed by atoms with Crippen LogP contribution in [0.15, 0.2) is 66.2 Å². The molecular weight excluding hydrogens is 407 g/mol. The van der Waals surface area contributed by atoms with Crippen molar-refractivity contribution in [2.24, 2.45) is 0 Å². The van der Waals surface area contributed by atoms with Crippen LogP contribution in [-0.2, 0) is 6.61 Å². The number of fused-ring (bicyclic) bond motifs is 1. The van der Waals surface area contributed by atoms with Crippen molar-refractivity contribution < 1.29 is 14.3 Å². The van der Waals surface area contributed by atoms with Gasteiger partial charge >= 0.3 is 0 Å². The van der Waals surface area contributed by atoms with Gasteiger partial charge in [0.15, 0.2) is 17.3 Å². The van der Waals surface area contributed by atoms with Crippen molar-refractivity contribution in [3.8, 4) is 5.75 Å². The first-order valence-electron chi connectivity index (χ1n) is 9.01. The molecule has 3 aromatic rings. The van der Waals surface area contributed by atoms with E-state index in [0.29, 0.717) is 39.1 Å². The quantitative estimate of drug-likeness (QED) is 0.363. The van der Waals surface area contributed by atoms with Gasteiger partial charge in [-0.15, -0.1) is 0 Å². The molecule has 3 nitrogen and oxygen atoms in total. The van der Waals surface area contributed by atoms with Crippen LogP contribution in [0.25, 0.3) is 6.08 Å². The molecule has 0 atom stereocenters. The molecule has 0 saturated heterocycles. The largest absolute Gasteiger partial charge is 0.486 e. The molecule has 29 heavy (non-hydrogen) atoms. The number of hydrogen-bond acceptors (Lipinski definition) is 3. The molecule has 0 unspecified atom stereocenters. The van der Waals surface area contributed by atoms with Gasteiger partial charge in [0.2, 0.25) is 0 Å². The van der Waals surface area contributed by atoms with Crippen LogP contribution in [-0.4, -0.2) is 11.6 Å². The van der Waals surface area contributed by atoms with Crippen molar-refractivity contribution in [3.05, 3.63) is 104 Å². The van der Waals surface area contributed by atoms with E-state index in [1.165, 1.54) is 6.08 Å². The van der Waals surface area contributed by atoms with Crippen LogP contribution in [0, 0.1) is 6.92 Å². The lowest BCUT2D eigenvalue weighted by molar-refractivity contribution is 0.0990. The van der Waals surface area contributed by atoms with Gasteiger partial charge < -0.3 is 4.74 Å². The number of benzene rings is 3. The van der Waals surface area contributed by atoms with E-state index in [1.54, 1.807) is 36.4 Å². The van der Waals surface area contributed by atoms with Gasteiger partial charge in [-0.05, 0) is 36.3 Å². The number of allylic oxidation sites excluding steroid dienone is 1. The summed E-state index contributed by atoms with van der Waals surface area (Å²) in [6.45, 7) is 2.34. The summed E-state index contributed by atoms with van der Waals surface area (Å²) in [4.78, 5) is 25.1. The first-order chi connectivity index (χ1) is 13.9. The van der Waals surface area contributed by atoms with E-state index in [9.17, 15) is 9.59 Å². The summed E-state index contributed by atoms with van der Waals surface area (Å²) < 4.78 is 5.81. The van der Waals surface area contributed by atoms with Crippen molar-refractivity contribution in [3.63, 3.8) is 0 Å². The van der Waals surface area contributed by atoms with Gasteiger partial charge in [-0.2, -0.15) is 0 Å². The average molecular weight is 423 g/mol. The second-order valence-corrected chi connectivity index (χ2v) is 7.67. The number of ketones is 2.